The molecule has 0 fully saturated rings. The maximum Gasteiger partial charge on any atom is 0.330 e. The second kappa shape index (κ2) is 10.5. The number of likely N-dealkylation sites (N-methyl/N-ethyl adjacent to an activating group) is 1. The van der Waals surface area contributed by atoms with Crippen LogP contribution in [0.5, 0.6) is 0 Å². The molecule has 1 unspecified atom stereocenters. The number of H-pyrrole nitrogens is 1. The Bertz CT molecular complexity index is 885. The molecule has 1 aromatic heterocycles. The Hall–Kier alpha value is -3.09. The van der Waals surface area contributed by atoms with Crippen LogP contribution >= 0.6 is 0 Å². The molecule has 7 heteroatoms. The van der Waals surface area contributed by atoms with Crippen LogP contribution in [0.3, 0.4) is 0 Å². The number of amides is 2. The minimum atomic E-state index is -0.729. The molecule has 0 saturated heterocycles. The first-order chi connectivity index (χ1) is 13.8. The van der Waals surface area contributed by atoms with Crippen molar-refractivity contribution in [3.63, 3.8) is 0 Å². The van der Waals surface area contributed by atoms with Gasteiger partial charge < -0.3 is 20.4 Å². The van der Waals surface area contributed by atoms with Crippen molar-refractivity contribution in [1.29, 1.82) is 0 Å². The number of esters is 1. The number of nitrogens with one attached hydrogen (secondary N) is 3. The molecule has 0 spiro atoms. The Morgan fingerprint density at radius 2 is 1.90 bits per heavy atom. The summed E-state index contributed by atoms with van der Waals surface area (Å²) in [5.41, 5.74) is 1.92. The number of benzene rings is 1. The molecule has 0 saturated carbocycles. The number of ether oxygens (including phenoxy) is 1. The molecule has 29 heavy (non-hydrogen) atoms. The molecule has 2 amide bonds. The Labute approximate surface area is 170 Å². The van der Waals surface area contributed by atoms with Crippen LogP contribution in [0.4, 0.5) is 0 Å². The normalized spacial score (nSPS) is 13.4. The standard InChI is InChI=1S/C22H29N3O4/c1-14(2)11-15(9-10-20(26)29-4)21(27)25-19(22(28)23-3)12-16-13-24-18-8-6-5-7-17(16)18/h5-10,13-15,19,24H,11-12H2,1-4H3,(H,23,28)(H,25,27)/b10-9+/t15?,19-/m0/s1. The van der Waals surface area contributed by atoms with E-state index in [4.69, 9.17) is 0 Å². The lowest BCUT2D eigenvalue weighted by Gasteiger charge is -2.21. The van der Waals surface area contributed by atoms with Gasteiger partial charge in [-0.2, -0.15) is 0 Å². The van der Waals surface area contributed by atoms with Gasteiger partial charge in [0.2, 0.25) is 11.8 Å². The van der Waals surface area contributed by atoms with Crippen molar-refractivity contribution >= 4 is 28.7 Å². The van der Waals surface area contributed by atoms with Crippen molar-refractivity contribution in [2.24, 2.45) is 11.8 Å². The van der Waals surface area contributed by atoms with Crippen molar-refractivity contribution in [3.05, 3.63) is 48.2 Å². The van der Waals surface area contributed by atoms with E-state index in [0.29, 0.717) is 12.8 Å². The number of fused-ring (bicyclic) bond motifs is 1. The second-order valence-electron chi connectivity index (χ2n) is 7.36. The molecule has 1 aromatic carbocycles. The monoisotopic (exact) mass is 399 g/mol. The van der Waals surface area contributed by atoms with Gasteiger partial charge in [0.25, 0.3) is 0 Å². The van der Waals surface area contributed by atoms with Crippen LogP contribution in [0.1, 0.15) is 25.8 Å². The summed E-state index contributed by atoms with van der Waals surface area (Å²) >= 11 is 0. The molecule has 0 aliphatic rings. The maximum atomic E-state index is 12.9. The highest BCUT2D eigenvalue weighted by Crippen LogP contribution is 2.20. The topological polar surface area (TPSA) is 100 Å². The van der Waals surface area contributed by atoms with Gasteiger partial charge >= 0.3 is 5.97 Å². The van der Waals surface area contributed by atoms with Crippen LogP contribution in [0.2, 0.25) is 0 Å². The van der Waals surface area contributed by atoms with E-state index in [2.05, 4.69) is 20.4 Å². The lowest BCUT2D eigenvalue weighted by molar-refractivity contribution is -0.134. The Balaban J connectivity index is 2.20. The molecule has 3 N–H and O–H groups in total. The fourth-order valence-corrected chi connectivity index (χ4v) is 3.23. The molecule has 156 valence electrons. The number of methoxy groups -OCH3 is 1. The molecular weight excluding hydrogens is 370 g/mol. The van der Waals surface area contributed by atoms with E-state index in [1.807, 2.05) is 44.3 Å². The van der Waals surface area contributed by atoms with Crippen molar-refractivity contribution in [3.8, 4) is 0 Å². The smallest absolute Gasteiger partial charge is 0.330 e. The molecule has 0 aliphatic heterocycles. The third-order valence-corrected chi connectivity index (χ3v) is 4.71. The molecule has 2 rings (SSSR count). The number of carbonyl (C=O) groups excluding carboxylic acids is 3. The summed E-state index contributed by atoms with van der Waals surface area (Å²) in [7, 11) is 2.83. The summed E-state index contributed by atoms with van der Waals surface area (Å²) in [6.07, 6.45) is 5.54. The predicted molar refractivity (Wildman–Crippen MR) is 112 cm³/mol. The number of carbonyl (C=O) groups is 3. The summed E-state index contributed by atoms with van der Waals surface area (Å²) in [5, 5.41) is 6.48. The zero-order valence-electron chi connectivity index (χ0n) is 17.3. The van der Waals surface area contributed by atoms with Gasteiger partial charge in [-0.1, -0.05) is 38.1 Å². The minimum Gasteiger partial charge on any atom is -0.466 e. The highest BCUT2D eigenvalue weighted by molar-refractivity contribution is 5.91. The van der Waals surface area contributed by atoms with Gasteiger partial charge in [0.15, 0.2) is 0 Å². The predicted octanol–water partition coefficient (Wildman–Crippen LogP) is 2.33. The second-order valence-corrected chi connectivity index (χ2v) is 7.36. The molecule has 0 bridgehead atoms. The average molecular weight is 399 g/mol. The van der Waals surface area contributed by atoms with Crippen LogP contribution < -0.4 is 10.6 Å². The number of hydrogen-bond donors (Lipinski definition) is 3. The van der Waals surface area contributed by atoms with Gasteiger partial charge in [-0.15, -0.1) is 0 Å². The highest BCUT2D eigenvalue weighted by Gasteiger charge is 2.25. The Kier molecular flexibility index (Phi) is 8.00. The number of aromatic amines is 1. The first-order valence-corrected chi connectivity index (χ1v) is 9.68. The lowest BCUT2D eigenvalue weighted by Crippen LogP contribution is -2.48. The number of hydrogen-bond acceptors (Lipinski definition) is 4. The SMILES string of the molecule is CNC(=O)[C@H](Cc1c[nH]c2ccccc12)NC(=O)C(/C=C/C(=O)OC)CC(C)C. The molecule has 2 atom stereocenters. The number of aromatic nitrogens is 1. The van der Waals surface area contributed by atoms with Crippen molar-refractivity contribution in [1.82, 2.24) is 15.6 Å². The summed E-state index contributed by atoms with van der Waals surface area (Å²) in [6, 6.07) is 7.08. The molecule has 0 radical (unpaired) electrons. The van der Waals surface area contributed by atoms with Gasteiger partial charge in [0, 0.05) is 36.6 Å². The van der Waals surface area contributed by atoms with Crippen LogP contribution in [0.25, 0.3) is 10.9 Å². The maximum absolute atomic E-state index is 12.9. The van der Waals surface area contributed by atoms with E-state index >= 15 is 0 Å². The minimum absolute atomic E-state index is 0.236. The number of para-hydroxylation sites is 1. The van der Waals surface area contributed by atoms with Gasteiger partial charge in [0.1, 0.15) is 6.04 Å². The molecule has 0 aliphatic carbocycles. The number of rotatable bonds is 9. The van der Waals surface area contributed by atoms with Gasteiger partial charge in [-0.05, 0) is 24.0 Å². The van der Waals surface area contributed by atoms with Gasteiger partial charge in [-0.25, -0.2) is 4.79 Å². The van der Waals surface area contributed by atoms with E-state index < -0.39 is 17.9 Å². The van der Waals surface area contributed by atoms with E-state index in [1.165, 1.54) is 19.3 Å². The summed E-state index contributed by atoms with van der Waals surface area (Å²) in [6.45, 7) is 3.99. The summed E-state index contributed by atoms with van der Waals surface area (Å²) in [5.74, 6) is -1.39. The van der Waals surface area contributed by atoms with E-state index in [1.54, 1.807) is 7.05 Å². The van der Waals surface area contributed by atoms with Crippen molar-refractivity contribution in [2.45, 2.75) is 32.7 Å². The van der Waals surface area contributed by atoms with Crippen molar-refractivity contribution in [2.75, 3.05) is 14.2 Å². The fourth-order valence-electron chi connectivity index (χ4n) is 3.23. The van der Waals surface area contributed by atoms with Crippen LogP contribution in [-0.4, -0.2) is 43.0 Å². The van der Waals surface area contributed by atoms with E-state index in [0.717, 1.165) is 16.5 Å². The summed E-state index contributed by atoms with van der Waals surface area (Å²) in [4.78, 5) is 40.0. The molecular formula is C22H29N3O4. The van der Waals surface area contributed by atoms with Crippen molar-refractivity contribution < 1.29 is 19.1 Å². The zero-order chi connectivity index (χ0) is 21.4. The molecule has 7 nitrogen and oxygen atoms in total. The fraction of sp³-hybridized carbons (Fsp3) is 0.409. The van der Waals surface area contributed by atoms with E-state index in [-0.39, 0.29) is 17.7 Å². The summed E-state index contributed by atoms with van der Waals surface area (Å²) < 4.78 is 4.61. The van der Waals surface area contributed by atoms with Gasteiger partial charge in [0.05, 0.1) is 13.0 Å². The van der Waals surface area contributed by atoms with Crippen LogP contribution in [0.15, 0.2) is 42.6 Å². The van der Waals surface area contributed by atoms with Crippen LogP contribution in [0, 0.1) is 11.8 Å². The van der Waals surface area contributed by atoms with Crippen LogP contribution in [-0.2, 0) is 25.5 Å². The molecule has 1 heterocycles. The lowest BCUT2D eigenvalue weighted by atomic mass is 9.95. The highest BCUT2D eigenvalue weighted by atomic mass is 16.5. The zero-order valence-corrected chi connectivity index (χ0v) is 17.3. The largest absolute Gasteiger partial charge is 0.466 e. The molecule has 2 aromatic rings. The average Bonchev–Trinajstić information content (AvgIpc) is 3.12. The van der Waals surface area contributed by atoms with Gasteiger partial charge in [-0.3, -0.25) is 9.59 Å². The first kappa shape index (κ1) is 22.2. The quantitative estimate of drug-likeness (QED) is 0.445. The first-order valence-electron chi connectivity index (χ1n) is 9.68. The Morgan fingerprint density at radius 3 is 2.55 bits per heavy atom. The van der Waals surface area contributed by atoms with E-state index in [9.17, 15) is 14.4 Å². The third kappa shape index (κ3) is 6.20. The third-order valence-electron chi connectivity index (χ3n) is 4.71. The Morgan fingerprint density at radius 1 is 1.17 bits per heavy atom.